The zero-order valence-electron chi connectivity index (χ0n) is 41.0. The minimum atomic E-state index is -1.14. The minimum absolute atomic E-state index is 0.0129. The van der Waals surface area contributed by atoms with E-state index in [9.17, 15) is 48.0 Å². The number of carboxylic acids is 2. The molecule has 1 amide bonds. The maximum absolute atomic E-state index is 14.3. The number of amides is 1. The number of carboxylic acid groups (broad SMARTS) is 2. The smallest absolute Gasteiger partial charge is 0.374 e. The Labute approximate surface area is 432 Å². The first-order chi connectivity index (χ1) is 34.5. The van der Waals surface area contributed by atoms with Gasteiger partial charge in [-0.3, -0.25) is 24.0 Å². The molecule has 2 aromatic heterocycles. The average Bonchev–Trinajstić information content (AvgIpc) is 3.99. The predicted molar refractivity (Wildman–Crippen MR) is 273 cm³/mol. The van der Waals surface area contributed by atoms with E-state index in [2.05, 4.69) is 20.5 Å². The van der Waals surface area contributed by atoms with Gasteiger partial charge in [-0.1, -0.05) is 71.7 Å². The van der Waals surface area contributed by atoms with Crippen LogP contribution in [0.3, 0.4) is 0 Å². The van der Waals surface area contributed by atoms with Crippen LogP contribution in [0.4, 0.5) is 8.78 Å². The van der Waals surface area contributed by atoms with Gasteiger partial charge in [0.2, 0.25) is 17.5 Å². The molecule has 15 nitrogen and oxygen atoms in total. The fraction of sp³-hybridized carbons (Fsp3) is 0.340. The van der Waals surface area contributed by atoms with Gasteiger partial charge in [-0.25, -0.2) is 18.7 Å². The van der Waals surface area contributed by atoms with E-state index in [4.69, 9.17) is 37.8 Å². The topological polar surface area (TPSA) is 248 Å². The van der Waals surface area contributed by atoms with Gasteiger partial charge < -0.3 is 40.3 Å². The average molecular weight is 1040 g/mol. The van der Waals surface area contributed by atoms with Crippen molar-refractivity contribution < 1.29 is 56.8 Å². The van der Waals surface area contributed by atoms with Gasteiger partial charge in [-0.15, -0.1) is 0 Å². The number of aliphatic carboxylic acids is 2. The summed E-state index contributed by atoms with van der Waals surface area (Å²) < 4.78 is 39.2. The Hall–Kier alpha value is -6.57. The van der Waals surface area contributed by atoms with Gasteiger partial charge in [-0.05, 0) is 131 Å². The number of carbonyl (C=O) groups excluding carboxylic acids is 3. The fourth-order valence-electron chi connectivity index (χ4n) is 8.29. The molecule has 73 heavy (non-hydrogen) atoms. The number of aromatic nitrogens is 2. The van der Waals surface area contributed by atoms with E-state index in [0.29, 0.717) is 56.7 Å². The van der Waals surface area contributed by atoms with Gasteiger partial charge >= 0.3 is 19.0 Å². The molecule has 0 fully saturated rings. The molecule has 4 atom stereocenters. The summed E-state index contributed by atoms with van der Waals surface area (Å²) in [6, 6.07) is 23.0. The van der Waals surface area contributed by atoms with Crippen molar-refractivity contribution in [2.45, 2.75) is 78.6 Å². The molecular formula is C53H58BCl2F2N5O10. The van der Waals surface area contributed by atoms with Crippen molar-refractivity contribution in [1.29, 1.82) is 0 Å². The van der Waals surface area contributed by atoms with Crippen LogP contribution in [-0.4, -0.2) is 80.3 Å². The zero-order chi connectivity index (χ0) is 53.6. The van der Waals surface area contributed by atoms with Crippen LogP contribution < -0.4 is 16.3 Å². The number of rotatable bonds is 24. The molecule has 0 aliphatic rings. The Balaban J connectivity index is 0.000000279. The highest BCUT2D eigenvalue weighted by atomic mass is 35.5. The summed E-state index contributed by atoms with van der Waals surface area (Å²) in [5.74, 6) is -5.55. The molecule has 0 saturated carbocycles. The standard InChI is InChI=1S/C29H34BClFN3O6.C24H24ClFN2O4/c1-17-15-33-26(41-17)25(36)13-19(12-21(27(37)38)16-34-28(39)29(2,3)35-30(4)40)11-18-5-7-20(8-6-18)23-14-22(31)9-10-24(23)32;1-14-13-28-23(32-14)22(29)10-16(9-18(12-27)24(30)31)8-15-2-4-17(5-3-15)20-11-19(25)6-7-21(20)26/h5-10,14-15,19,21,35,40H,11-13,16H2,1-4H3,(H,34,39)(H,37,38);2-7,11,13,16,18H,8-10,12,27H2,1H3,(H,30,31)/t19-,21+;16-,18+/m11/s1. The second-order valence-electron chi connectivity index (χ2n) is 18.5. The highest BCUT2D eigenvalue weighted by Crippen LogP contribution is 2.31. The van der Waals surface area contributed by atoms with Crippen LogP contribution in [-0.2, 0) is 27.2 Å². The number of carbonyl (C=O) groups is 5. The molecule has 0 bridgehead atoms. The number of benzene rings is 4. The number of aryl methyl sites for hydroxylation is 2. The van der Waals surface area contributed by atoms with Crippen molar-refractivity contribution in [2.24, 2.45) is 29.4 Å². The number of oxazole rings is 2. The second kappa shape index (κ2) is 26.4. The third-order valence-electron chi connectivity index (χ3n) is 12.0. The SMILES string of the molecule is CB(O)NC(C)(C)C(=O)NC[C@H](C[C@H](CC(=O)c1ncc(C)o1)Cc1ccc(-c2cc(Cl)ccc2F)cc1)C(=O)O.Cc1cnc(C(=O)C[C@H](Cc2ccc(-c3cc(Cl)ccc3F)cc2)C[C@@H](CN)C(=O)O)o1. The van der Waals surface area contributed by atoms with Gasteiger partial charge in [0.05, 0.1) is 29.8 Å². The fourth-order valence-corrected chi connectivity index (χ4v) is 8.63. The summed E-state index contributed by atoms with van der Waals surface area (Å²) in [6.45, 7) is 7.79. The third-order valence-corrected chi connectivity index (χ3v) is 12.4. The van der Waals surface area contributed by atoms with E-state index in [1.165, 1.54) is 49.5 Å². The zero-order valence-corrected chi connectivity index (χ0v) is 42.5. The molecule has 0 saturated heterocycles. The lowest BCUT2D eigenvalue weighted by atomic mass is 9.83. The van der Waals surface area contributed by atoms with Crippen LogP contribution in [0, 0.1) is 49.2 Å². The third kappa shape index (κ3) is 17.3. The number of nitrogens with two attached hydrogens (primary N) is 1. The Morgan fingerprint density at radius 1 is 0.699 bits per heavy atom. The van der Waals surface area contributed by atoms with Gasteiger partial charge in [0, 0.05) is 47.1 Å². The second-order valence-corrected chi connectivity index (χ2v) is 19.4. The molecule has 7 N–H and O–H groups in total. The van der Waals surface area contributed by atoms with Gasteiger partial charge in [0.15, 0.2) is 0 Å². The quantitative estimate of drug-likeness (QED) is 0.0244. The number of halogens is 4. The van der Waals surface area contributed by atoms with Crippen molar-refractivity contribution >= 4 is 59.7 Å². The lowest BCUT2D eigenvalue weighted by Crippen LogP contribution is -2.57. The largest absolute Gasteiger partial charge is 0.481 e. The predicted octanol–water partition coefficient (Wildman–Crippen LogP) is 9.48. The summed E-state index contributed by atoms with van der Waals surface area (Å²) in [5.41, 5.74) is 8.22. The number of hydrogen-bond donors (Lipinski definition) is 6. The number of Topliss-reactive ketones (excluding diaryl/α,β-unsaturated/α-hetero) is 2. The molecule has 0 spiro atoms. The number of hydrogen-bond acceptors (Lipinski definition) is 12. The molecule has 6 rings (SSSR count). The van der Waals surface area contributed by atoms with E-state index in [1.54, 1.807) is 70.2 Å². The number of nitrogens with one attached hydrogen (secondary N) is 2. The van der Waals surface area contributed by atoms with Gasteiger partial charge in [0.25, 0.3) is 11.8 Å². The lowest BCUT2D eigenvalue weighted by Gasteiger charge is -2.27. The summed E-state index contributed by atoms with van der Waals surface area (Å²) >= 11 is 12.0. The van der Waals surface area contributed by atoms with E-state index < -0.39 is 54.0 Å². The number of ketones is 2. The summed E-state index contributed by atoms with van der Waals surface area (Å²) in [5, 5.41) is 35.2. The molecule has 0 unspecified atom stereocenters. The molecule has 0 aliphatic carbocycles. The Bertz CT molecular complexity index is 2860. The molecule has 6 aromatic rings. The van der Waals surface area contributed by atoms with Crippen LogP contribution >= 0.6 is 23.2 Å². The van der Waals surface area contributed by atoms with Gasteiger partial charge in [0.1, 0.15) is 23.2 Å². The van der Waals surface area contributed by atoms with Gasteiger partial charge in [-0.2, -0.15) is 0 Å². The van der Waals surface area contributed by atoms with Crippen molar-refractivity contribution in [3.05, 3.63) is 153 Å². The Morgan fingerprint density at radius 3 is 1.47 bits per heavy atom. The monoisotopic (exact) mass is 1040 g/mol. The molecule has 386 valence electrons. The summed E-state index contributed by atoms with van der Waals surface area (Å²) in [7, 11) is -0.943. The highest BCUT2D eigenvalue weighted by molar-refractivity contribution is 6.46. The first kappa shape index (κ1) is 57.3. The molecule has 4 aromatic carbocycles. The lowest BCUT2D eigenvalue weighted by molar-refractivity contribution is -0.143. The van der Waals surface area contributed by atoms with Crippen LogP contribution in [0.5, 0.6) is 0 Å². The van der Waals surface area contributed by atoms with Crippen LogP contribution in [0.15, 0.2) is 106 Å². The van der Waals surface area contributed by atoms with Crippen molar-refractivity contribution in [3.63, 3.8) is 0 Å². The van der Waals surface area contributed by atoms with Crippen molar-refractivity contribution in [1.82, 2.24) is 20.5 Å². The summed E-state index contributed by atoms with van der Waals surface area (Å²) in [4.78, 5) is 69.9. The molecule has 2 heterocycles. The minimum Gasteiger partial charge on any atom is -0.481 e. The first-order valence-corrected chi connectivity index (χ1v) is 24.2. The molecule has 0 aliphatic heterocycles. The van der Waals surface area contributed by atoms with E-state index in [0.717, 1.165) is 11.1 Å². The highest BCUT2D eigenvalue weighted by Gasteiger charge is 2.32. The number of nitrogens with zero attached hydrogens (tertiary/aromatic N) is 2. The maximum Gasteiger partial charge on any atom is 0.374 e. The van der Waals surface area contributed by atoms with E-state index in [-0.39, 0.29) is 73.9 Å². The van der Waals surface area contributed by atoms with Crippen LogP contribution in [0.2, 0.25) is 16.9 Å². The van der Waals surface area contributed by atoms with Crippen molar-refractivity contribution in [2.75, 3.05) is 13.1 Å². The Morgan fingerprint density at radius 2 is 1.11 bits per heavy atom. The van der Waals surface area contributed by atoms with Crippen LogP contribution in [0.1, 0.15) is 83.5 Å². The Kier molecular flexibility index (Phi) is 20.7. The molecule has 0 radical (unpaired) electrons. The first-order valence-electron chi connectivity index (χ1n) is 23.4. The van der Waals surface area contributed by atoms with Crippen molar-refractivity contribution in [3.8, 4) is 22.3 Å². The summed E-state index contributed by atoms with van der Waals surface area (Å²) in [6.07, 6.45) is 4.07. The molecule has 20 heteroatoms. The van der Waals surface area contributed by atoms with E-state index >= 15 is 0 Å². The molecular weight excluding hydrogens is 986 g/mol. The maximum atomic E-state index is 14.3. The van der Waals surface area contributed by atoms with Crippen LogP contribution in [0.25, 0.3) is 22.3 Å². The van der Waals surface area contributed by atoms with E-state index in [1.807, 2.05) is 12.1 Å². The normalized spacial score (nSPS) is 13.0.